The molecule has 7 nitrogen and oxygen atoms in total. The molecule has 0 spiro atoms. The Balaban J connectivity index is 1.36. The number of amides is 2. The van der Waals surface area contributed by atoms with Gasteiger partial charge in [-0.15, -0.1) is 0 Å². The predicted octanol–water partition coefficient (Wildman–Crippen LogP) is 4.47. The van der Waals surface area contributed by atoms with Crippen LogP contribution in [-0.2, 0) is 14.3 Å². The highest BCUT2D eigenvalue weighted by molar-refractivity contribution is 9.10. The van der Waals surface area contributed by atoms with Gasteiger partial charge in [-0.05, 0) is 48.9 Å². The van der Waals surface area contributed by atoms with E-state index in [1.54, 1.807) is 24.3 Å². The molecule has 2 unspecified atom stereocenters. The van der Waals surface area contributed by atoms with Crippen LogP contribution in [-0.4, -0.2) is 36.2 Å². The molecule has 1 heterocycles. The van der Waals surface area contributed by atoms with Crippen LogP contribution in [0.15, 0.2) is 83.3 Å². The molecule has 1 aliphatic rings. The van der Waals surface area contributed by atoms with Crippen LogP contribution < -0.4 is 10.2 Å². The van der Waals surface area contributed by atoms with Crippen LogP contribution in [0.3, 0.4) is 0 Å². The van der Waals surface area contributed by atoms with E-state index in [1.165, 1.54) is 24.3 Å². The van der Waals surface area contributed by atoms with E-state index in [9.17, 15) is 19.2 Å². The van der Waals surface area contributed by atoms with Gasteiger partial charge in [-0.1, -0.05) is 58.4 Å². The molecule has 3 aromatic rings. The number of halogens is 1. The van der Waals surface area contributed by atoms with Crippen LogP contribution in [0.2, 0.25) is 0 Å². The standard InChI is InChI=1S/C27H23BrN2O5/c1-17(18-5-3-2-4-6-18)29-23-15-25(32)30(26(23)33)22-13-9-20(10-14-22)27(34)35-16-24(31)19-7-11-21(28)12-8-19/h2-14,17,23,29H,15-16H2,1H3. The summed E-state index contributed by atoms with van der Waals surface area (Å²) in [6.07, 6.45) is 0.0535. The highest BCUT2D eigenvalue weighted by Crippen LogP contribution is 2.25. The van der Waals surface area contributed by atoms with E-state index in [0.29, 0.717) is 11.3 Å². The zero-order chi connectivity index (χ0) is 24.9. The van der Waals surface area contributed by atoms with Crippen molar-refractivity contribution >= 4 is 45.2 Å². The Labute approximate surface area is 211 Å². The van der Waals surface area contributed by atoms with E-state index in [0.717, 1.165) is 14.9 Å². The lowest BCUT2D eigenvalue weighted by atomic mass is 10.1. The summed E-state index contributed by atoms with van der Waals surface area (Å²) in [6, 6.07) is 21.7. The lowest BCUT2D eigenvalue weighted by Crippen LogP contribution is -2.40. The second kappa shape index (κ2) is 10.8. The van der Waals surface area contributed by atoms with Gasteiger partial charge in [0.1, 0.15) is 0 Å². The molecule has 1 saturated heterocycles. The van der Waals surface area contributed by atoms with Crippen molar-refractivity contribution in [3.05, 3.63) is 100 Å². The molecule has 1 aliphatic heterocycles. The second-order valence-corrected chi connectivity index (χ2v) is 9.09. The summed E-state index contributed by atoms with van der Waals surface area (Å²) in [6.45, 7) is 1.55. The fourth-order valence-corrected chi connectivity index (χ4v) is 4.12. The van der Waals surface area contributed by atoms with Gasteiger partial charge in [0, 0.05) is 16.1 Å². The quantitative estimate of drug-likeness (QED) is 0.260. The number of imide groups is 1. The first kappa shape index (κ1) is 24.5. The Bertz CT molecular complexity index is 1240. The van der Waals surface area contributed by atoms with Crippen molar-refractivity contribution < 1.29 is 23.9 Å². The molecule has 1 N–H and O–H groups in total. The minimum Gasteiger partial charge on any atom is -0.454 e. The third kappa shape index (κ3) is 5.72. The molecular weight excluding hydrogens is 512 g/mol. The van der Waals surface area contributed by atoms with Gasteiger partial charge in [0.2, 0.25) is 5.91 Å². The number of hydrogen-bond acceptors (Lipinski definition) is 6. The number of nitrogens with zero attached hydrogens (tertiary/aromatic N) is 1. The number of rotatable bonds is 8. The summed E-state index contributed by atoms with van der Waals surface area (Å²) in [5, 5.41) is 3.23. The molecule has 0 radical (unpaired) electrons. The van der Waals surface area contributed by atoms with Crippen molar-refractivity contribution in [1.82, 2.24) is 5.32 Å². The van der Waals surface area contributed by atoms with Crippen LogP contribution in [0, 0.1) is 0 Å². The first-order valence-electron chi connectivity index (χ1n) is 11.1. The zero-order valence-electron chi connectivity index (χ0n) is 18.9. The number of carbonyl (C=O) groups is 4. The summed E-state index contributed by atoms with van der Waals surface area (Å²) in [5.74, 6) is -1.65. The van der Waals surface area contributed by atoms with Crippen LogP contribution >= 0.6 is 15.9 Å². The summed E-state index contributed by atoms with van der Waals surface area (Å²) in [5.41, 5.74) is 2.04. The fourth-order valence-electron chi connectivity index (χ4n) is 3.85. The zero-order valence-corrected chi connectivity index (χ0v) is 20.5. The smallest absolute Gasteiger partial charge is 0.338 e. The maximum atomic E-state index is 12.9. The normalized spacial score (nSPS) is 16.3. The average Bonchev–Trinajstić information content (AvgIpc) is 3.15. The van der Waals surface area contributed by atoms with Crippen LogP contribution in [0.5, 0.6) is 0 Å². The van der Waals surface area contributed by atoms with E-state index < -0.39 is 18.6 Å². The molecular formula is C27H23BrN2O5. The number of esters is 1. The molecule has 178 valence electrons. The Morgan fingerprint density at radius 3 is 2.26 bits per heavy atom. The number of nitrogens with one attached hydrogen (secondary N) is 1. The van der Waals surface area contributed by atoms with Crippen molar-refractivity contribution in [2.45, 2.75) is 25.4 Å². The molecule has 2 amide bonds. The van der Waals surface area contributed by atoms with E-state index in [1.807, 2.05) is 37.3 Å². The Morgan fingerprint density at radius 1 is 0.971 bits per heavy atom. The molecule has 4 rings (SSSR count). The third-order valence-electron chi connectivity index (χ3n) is 5.76. The number of ether oxygens (including phenoxy) is 1. The molecule has 0 bridgehead atoms. The van der Waals surface area contributed by atoms with Gasteiger partial charge >= 0.3 is 5.97 Å². The largest absolute Gasteiger partial charge is 0.454 e. The number of anilines is 1. The second-order valence-electron chi connectivity index (χ2n) is 8.18. The average molecular weight is 535 g/mol. The van der Waals surface area contributed by atoms with Crippen molar-refractivity contribution in [2.24, 2.45) is 0 Å². The maximum Gasteiger partial charge on any atom is 0.338 e. The SMILES string of the molecule is CC(NC1CC(=O)N(c2ccc(C(=O)OCC(=O)c3ccc(Br)cc3)cc2)C1=O)c1ccccc1. The third-order valence-corrected chi connectivity index (χ3v) is 6.29. The van der Waals surface area contributed by atoms with Crippen molar-refractivity contribution in [3.63, 3.8) is 0 Å². The van der Waals surface area contributed by atoms with E-state index in [2.05, 4.69) is 21.2 Å². The van der Waals surface area contributed by atoms with E-state index >= 15 is 0 Å². The van der Waals surface area contributed by atoms with Crippen LogP contribution in [0.4, 0.5) is 5.69 Å². The summed E-state index contributed by atoms with van der Waals surface area (Å²) in [4.78, 5) is 51.2. The first-order chi connectivity index (χ1) is 16.8. The van der Waals surface area contributed by atoms with Gasteiger partial charge in [0.25, 0.3) is 5.91 Å². The first-order valence-corrected chi connectivity index (χ1v) is 11.9. The van der Waals surface area contributed by atoms with Crippen molar-refractivity contribution in [2.75, 3.05) is 11.5 Å². The Hall–Kier alpha value is -3.62. The minimum absolute atomic E-state index is 0.0535. The number of hydrogen-bond donors (Lipinski definition) is 1. The Morgan fingerprint density at radius 2 is 1.60 bits per heavy atom. The molecule has 2 atom stereocenters. The van der Waals surface area contributed by atoms with Crippen molar-refractivity contribution in [3.8, 4) is 0 Å². The Kier molecular flexibility index (Phi) is 7.53. The predicted molar refractivity (Wildman–Crippen MR) is 134 cm³/mol. The van der Waals surface area contributed by atoms with Crippen molar-refractivity contribution in [1.29, 1.82) is 0 Å². The van der Waals surface area contributed by atoms with Crippen LogP contribution in [0.25, 0.3) is 0 Å². The highest BCUT2D eigenvalue weighted by Gasteiger charge is 2.40. The van der Waals surface area contributed by atoms with Crippen LogP contribution in [0.1, 0.15) is 45.7 Å². The molecule has 35 heavy (non-hydrogen) atoms. The lowest BCUT2D eigenvalue weighted by Gasteiger charge is -2.19. The molecule has 0 aliphatic carbocycles. The maximum absolute atomic E-state index is 12.9. The number of Topliss-reactive ketones (excluding diaryl/α,β-unsaturated/α-hetero) is 1. The fraction of sp³-hybridized carbons (Fsp3) is 0.185. The molecule has 8 heteroatoms. The number of ketones is 1. The highest BCUT2D eigenvalue weighted by atomic mass is 79.9. The van der Waals surface area contributed by atoms with E-state index in [-0.39, 0.29) is 35.6 Å². The molecule has 1 fully saturated rings. The van der Waals surface area contributed by atoms with Gasteiger partial charge in [0.05, 0.1) is 23.7 Å². The topological polar surface area (TPSA) is 92.8 Å². The minimum atomic E-state index is -0.669. The van der Waals surface area contributed by atoms with Gasteiger partial charge < -0.3 is 4.74 Å². The summed E-state index contributed by atoms with van der Waals surface area (Å²) < 4.78 is 5.97. The van der Waals surface area contributed by atoms with E-state index in [4.69, 9.17) is 4.74 Å². The van der Waals surface area contributed by atoms with Gasteiger partial charge in [0.15, 0.2) is 12.4 Å². The monoisotopic (exact) mass is 534 g/mol. The molecule has 0 aromatic heterocycles. The summed E-state index contributed by atoms with van der Waals surface area (Å²) >= 11 is 3.30. The van der Waals surface area contributed by atoms with Gasteiger partial charge in [-0.2, -0.15) is 0 Å². The number of carbonyl (C=O) groups excluding carboxylic acids is 4. The molecule has 3 aromatic carbocycles. The molecule has 0 saturated carbocycles. The number of benzene rings is 3. The lowest BCUT2D eigenvalue weighted by molar-refractivity contribution is -0.121. The van der Waals surface area contributed by atoms with Gasteiger partial charge in [-0.3, -0.25) is 19.7 Å². The summed E-state index contributed by atoms with van der Waals surface area (Å²) in [7, 11) is 0. The van der Waals surface area contributed by atoms with Gasteiger partial charge in [-0.25, -0.2) is 9.69 Å².